The van der Waals surface area contributed by atoms with Crippen LogP contribution in [0.1, 0.15) is 36.1 Å². The molecular formula is C18H24N2O2S. The minimum absolute atomic E-state index is 0.0262. The van der Waals surface area contributed by atoms with Gasteiger partial charge in [0.05, 0.1) is 12.8 Å². The Hall–Kier alpha value is -1.59. The molecule has 0 radical (unpaired) electrons. The van der Waals surface area contributed by atoms with E-state index in [0.717, 1.165) is 47.1 Å². The average Bonchev–Trinajstić information content (AvgIpc) is 2.73. The Balaban J connectivity index is 1.88. The number of rotatable bonds is 4. The molecule has 0 atom stereocenters. The summed E-state index contributed by atoms with van der Waals surface area (Å²) in [6.07, 6.45) is 5.17. The first-order valence-corrected chi connectivity index (χ1v) is 9.08. The molecule has 0 bridgehead atoms. The van der Waals surface area contributed by atoms with Crippen molar-refractivity contribution in [2.75, 3.05) is 20.2 Å². The average molecular weight is 332 g/mol. The predicted octanol–water partition coefficient (Wildman–Crippen LogP) is 3.80. The fourth-order valence-electron chi connectivity index (χ4n) is 3.24. The van der Waals surface area contributed by atoms with Crippen LogP contribution < -0.4 is 9.61 Å². The molecule has 2 heterocycles. The molecule has 0 spiro atoms. The van der Waals surface area contributed by atoms with Gasteiger partial charge in [-0.2, -0.15) is 0 Å². The maximum atomic E-state index is 11.9. The lowest BCUT2D eigenvalue weighted by molar-refractivity contribution is 0.279. The number of nitrogens with zero attached hydrogens (tertiary/aromatic N) is 1. The van der Waals surface area contributed by atoms with E-state index in [1.54, 1.807) is 7.11 Å². The van der Waals surface area contributed by atoms with Crippen LogP contribution in [0.2, 0.25) is 0 Å². The molecule has 23 heavy (non-hydrogen) atoms. The number of benzene rings is 1. The lowest BCUT2D eigenvalue weighted by Crippen LogP contribution is -2.23. The van der Waals surface area contributed by atoms with E-state index < -0.39 is 0 Å². The fourth-order valence-corrected chi connectivity index (χ4v) is 4.13. The monoisotopic (exact) mass is 332 g/mol. The standard InChI is InChI=1S/C18H24N2O2S/c1-13-11-14(7-8-15(13)22-2)17-16(23-18(21)19-17)12-20-9-5-3-4-6-10-20/h7-8,11H,3-6,9-10,12H2,1-2H3,(H,19,21). The van der Waals surface area contributed by atoms with E-state index in [0.29, 0.717) is 0 Å². The van der Waals surface area contributed by atoms with E-state index in [-0.39, 0.29) is 4.87 Å². The fraction of sp³-hybridized carbons (Fsp3) is 0.500. The van der Waals surface area contributed by atoms with Gasteiger partial charge in [-0.25, -0.2) is 0 Å². The van der Waals surface area contributed by atoms with Crippen molar-refractivity contribution in [3.8, 4) is 17.0 Å². The minimum atomic E-state index is 0.0262. The molecule has 0 unspecified atom stereocenters. The summed E-state index contributed by atoms with van der Waals surface area (Å²) in [5, 5.41) is 0. The molecule has 1 aliphatic rings. The summed E-state index contributed by atoms with van der Waals surface area (Å²) in [4.78, 5) is 18.6. The van der Waals surface area contributed by atoms with E-state index in [4.69, 9.17) is 4.74 Å². The second-order valence-corrected chi connectivity index (χ2v) is 7.26. The first-order valence-electron chi connectivity index (χ1n) is 8.27. The number of ether oxygens (including phenoxy) is 1. The number of aryl methyl sites for hydroxylation is 1. The summed E-state index contributed by atoms with van der Waals surface area (Å²) in [5.41, 5.74) is 3.11. The number of aromatic amines is 1. The highest BCUT2D eigenvalue weighted by atomic mass is 32.1. The summed E-state index contributed by atoms with van der Waals surface area (Å²) in [6, 6.07) is 6.08. The summed E-state index contributed by atoms with van der Waals surface area (Å²) in [7, 11) is 1.68. The molecule has 124 valence electrons. The van der Waals surface area contributed by atoms with Gasteiger partial charge in [-0.3, -0.25) is 9.69 Å². The Morgan fingerprint density at radius 3 is 2.61 bits per heavy atom. The molecule has 2 aromatic rings. The highest BCUT2D eigenvalue weighted by Crippen LogP contribution is 2.29. The third kappa shape index (κ3) is 3.85. The van der Waals surface area contributed by atoms with Crippen LogP contribution in [0.25, 0.3) is 11.3 Å². The summed E-state index contributed by atoms with van der Waals surface area (Å²) in [5.74, 6) is 0.875. The summed E-state index contributed by atoms with van der Waals surface area (Å²) >= 11 is 1.34. The third-order valence-electron chi connectivity index (χ3n) is 4.47. The van der Waals surface area contributed by atoms with Crippen LogP contribution in [0, 0.1) is 6.92 Å². The number of thiazole rings is 1. The summed E-state index contributed by atoms with van der Waals surface area (Å²) in [6.45, 7) is 5.16. The Bertz CT molecular complexity index is 712. The lowest BCUT2D eigenvalue weighted by atomic mass is 10.1. The molecule has 1 aromatic heterocycles. The zero-order valence-corrected chi connectivity index (χ0v) is 14.7. The molecule has 1 aliphatic heterocycles. The van der Waals surface area contributed by atoms with Gasteiger partial charge in [0, 0.05) is 11.4 Å². The molecule has 0 saturated carbocycles. The molecule has 1 saturated heterocycles. The van der Waals surface area contributed by atoms with Gasteiger partial charge in [0.2, 0.25) is 0 Å². The number of nitrogens with one attached hydrogen (secondary N) is 1. The zero-order valence-electron chi connectivity index (χ0n) is 13.9. The maximum Gasteiger partial charge on any atom is 0.305 e. The molecule has 0 aliphatic carbocycles. The van der Waals surface area contributed by atoms with Crippen molar-refractivity contribution in [3.05, 3.63) is 38.3 Å². The largest absolute Gasteiger partial charge is 0.496 e. The van der Waals surface area contributed by atoms with Crippen molar-refractivity contribution in [2.45, 2.75) is 39.2 Å². The number of H-pyrrole nitrogens is 1. The highest BCUT2D eigenvalue weighted by molar-refractivity contribution is 7.09. The van der Waals surface area contributed by atoms with Gasteiger partial charge >= 0.3 is 4.87 Å². The van der Waals surface area contributed by atoms with Crippen LogP contribution in [0.5, 0.6) is 5.75 Å². The van der Waals surface area contributed by atoms with Gasteiger partial charge < -0.3 is 9.72 Å². The Labute approximate surface area is 141 Å². The lowest BCUT2D eigenvalue weighted by Gasteiger charge is -2.19. The molecule has 1 aromatic carbocycles. The first-order chi connectivity index (χ1) is 11.2. The van der Waals surface area contributed by atoms with Gasteiger partial charge in [-0.05, 0) is 62.2 Å². The van der Waals surface area contributed by atoms with Crippen LogP contribution >= 0.6 is 11.3 Å². The van der Waals surface area contributed by atoms with E-state index in [1.165, 1.54) is 37.0 Å². The quantitative estimate of drug-likeness (QED) is 0.926. The van der Waals surface area contributed by atoms with Crippen LogP contribution in [-0.4, -0.2) is 30.1 Å². The van der Waals surface area contributed by atoms with E-state index >= 15 is 0 Å². The van der Waals surface area contributed by atoms with Crippen molar-refractivity contribution in [3.63, 3.8) is 0 Å². The SMILES string of the molecule is COc1ccc(-c2[nH]c(=O)sc2CN2CCCCCC2)cc1C. The molecule has 4 nitrogen and oxygen atoms in total. The smallest absolute Gasteiger partial charge is 0.305 e. The highest BCUT2D eigenvalue weighted by Gasteiger charge is 2.16. The molecule has 0 amide bonds. The third-order valence-corrected chi connectivity index (χ3v) is 5.34. The number of hydrogen-bond donors (Lipinski definition) is 1. The van der Waals surface area contributed by atoms with Gasteiger partial charge in [0.15, 0.2) is 0 Å². The van der Waals surface area contributed by atoms with Crippen molar-refractivity contribution in [1.82, 2.24) is 9.88 Å². The van der Waals surface area contributed by atoms with Crippen LogP contribution in [0.3, 0.4) is 0 Å². The van der Waals surface area contributed by atoms with Crippen LogP contribution in [0.4, 0.5) is 0 Å². The number of hydrogen-bond acceptors (Lipinski definition) is 4. The van der Waals surface area contributed by atoms with Gasteiger partial charge in [0.25, 0.3) is 0 Å². The first kappa shape index (κ1) is 16.3. The zero-order chi connectivity index (χ0) is 16.2. The maximum absolute atomic E-state index is 11.9. The normalized spacial score (nSPS) is 16.3. The topological polar surface area (TPSA) is 45.3 Å². The number of methoxy groups -OCH3 is 1. The molecule has 3 rings (SSSR count). The molecule has 1 fully saturated rings. The summed E-state index contributed by atoms with van der Waals surface area (Å²) < 4.78 is 5.33. The second-order valence-electron chi connectivity index (χ2n) is 6.19. The minimum Gasteiger partial charge on any atom is -0.496 e. The van der Waals surface area contributed by atoms with E-state index in [9.17, 15) is 4.79 Å². The second kappa shape index (κ2) is 7.32. The van der Waals surface area contributed by atoms with E-state index in [1.807, 2.05) is 19.1 Å². The van der Waals surface area contributed by atoms with Gasteiger partial charge in [-0.1, -0.05) is 24.2 Å². The molecular weight excluding hydrogens is 308 g/mol. The van der Waals surface area contributed by atoms with E-state index in [2.05, 4.69) is 16.0 Å². The predicted molar refractivity (Wildman–Crippen MR) is 95.4 cm³/mol. The van der Waals surface area contributed by atoms with Crippen LogP contribution in [0.15, 0.2) is 23.0 Å². The number of aromatic nitrogens is 1. The van der Waals surface area contributed by atoms with Crippen molar-refractivity contribution >= 4 is 11.3 Å². The van der Waals surface area contributed by atoms with Crippen molar-refractivity contribution in [2.24, 2.45) is 0 Å². The van der Waals surface area contributed by atoms with Crippen molar-refractivity contribution < 1.29 is 4.74 Å². The Morgan fingerprint density at radius 2 is 1.96 bits per heavy atom. The van der Waals surface area contributed by atoms with Gasteiger partial charge in [-0.15, -0.1) is 0 Å². The molecule has 5 heteroatoms. The van der Waals surface area contributed by atoms with Crippen LogP contribution in [-0.2, 0) is 6.54 Å². The van der Waals surface area contributed by atoms with Crippen molar-refractivity contribution in [1.29, 1.82) is 0 Å². The van der Waals surface area contributed by atoms with Gasteiger partial charge in [0.1, 0.15) is 5.75 Å². The Kier molecular flexibility index (Phi) is 5.18. The Morgan fingerprint density at radius 1 is 1.22 bits per heavy atom. The molecule has 1 N–H and O–H groups in total. The number of likely N-dealkylation sites (tertiary alicyclic amines) is 1.